The summed E-state index contributed by atoms with van der Waals surface area (Å²) in [4.78, 5) is 2.60. The summed E-state index contributed by atoms with van der Waals surface area (Å²) in [5, 5.41) is 11.6. The fourth-order valence-electron chi connectivity index (χ4n) is 0.879. The minimum absolute atomic E-state index is 0.0626. The number of nitrogens with one attached hydrogen (secondary N) is 1. The van der Waals surface area contributed by atoms with Crippen LogP contribution in [0.1, 0.15) is 16.7 Å². The number of thiophene rings is 1. The smallest absolute Gasteiger partial charge is 0.0927 e. The van der Waals surface area contributed by atoms with Crippen LogP contribution in [0.25, 0.3) is 0 Å². The molecular weight excluding hydrogens is 168 g/mol. The van der Waals surface area contributed by atoms with Crippen molar-refractivity contribution >= 4 is 11.3 Å². The molecule has 0 aromatic carbocycles. The van der Waals surface area contributed by atoms with Crippen LogP contribution in [0.5, 0.6) is 0 Å². The highest BCUT2D eigenvalue weighted by molar-refractivity contribution is 7.11. The normalized spacial score (nSPS) is 12.4. The minimum atomic E-state index is -0.0626. The van der Waals surface area contributed by atoms with Crippen LogP contribution in [-0.2, 0) is 6.54 Å². The highest BCUT2D eigenvalue weighted by Crippen LogP contribution is 2.14. The largest absolute Gasteiger partial charge is 0.297 e. The molecule has 1 heterocycles. The van der Waals surface area contributed by atoms with Crippen LogP contribution < -0.4 is 5.32 Å². The fourth-order valence-corrected chi connectivity index (χ4v) is 1.72. The van der Waals surface area contributed by atoms with Gasteiger partial charge in [0.25, 0.3) is 0 Å². The standard InChI is InChI=1S/C9H12N2S/c1-7(5-10)11-6-9-4-3-8(2)12-9/h3-4,7,11H,6H2,1-2H3. The van der Waals surface area contributed by atoms with Gasteiger partial charge in [-0.1, -0.05) is 0 Å². The minimum Gasteiger partial charge on any atom is -0.297 e. The van der Waals surface area contributed by atoms with Crippen molar-refractivity contribution < 1.29 is 0 Å². The summed E-state index contributed by atoms with van der Waals surface area (Å²) < 4.78 is 0. The Bertz CT molecular complexity index is 285. The van der Waals surface area contributed by atoms with Gasteiger partial charge in [0, 0.05) is 16.3 Å². The lowest BCUT2D eigenvalue weighted by Gasteiger charge is -2.02. The Morgan fingerprint density at radius 3 is 2.92 bits per heavy atom. The molecule has 0 saturated heterocycles. The lowest BCUT2D eigenvalue weighted by molar-refractivity contribution is 0.648. The van der Waals surface area contributed by atoms with Gasteiger partial charge < -0.3 is 0 Å². The van der Waals surface area contributed by atoms with E-state index >= 15 is 0 Å². The average molecular weight is 180 g/mol. The maximum absolute atomic E-state index is 8.51. The molecule has 0 fully saturated rings. The van der Waals surface area contributed by atoms with Gasteiger partial charge in [-0.3, -0.25) is 5.32 Å². The molecule has 1 N–H and O–H groups in total. The third kappa shape index (κ3) is 2.65. The lowest BCUT2D eigenvalue weighted by Crippen LogP contribution is -2.22. The summed E-state index contributed by atoms with van der Waals surface area (Å²) in [6.07, 6.45) is 0. The van der Waals surface area contributed by atoms with E-state index in [2.05, 4.69) is 30.4 Å². The molecule has 0 aliphatic rings. The number of hydrogen-bond donors (Lipinski definition) is 1. The molecule has 64 valence electrons. The second-order valence-corrected chi connectivity index (χ2v) is 4.12. The van der Waals surface area contributed by atoms with Gasteiger partial charge in [0.2, 0.25) is 0 Å². The van der Waals surface area contributed by atoms with Gasteiger partial charge in [-0.2, -0.15) is 5.26 Å². The second-order valence-electron chi connectivity index (χ2n) is 2.74. The summed E-state index contributed by atoms with van der Waals surface area (Å²) in [6, 6.07) is 6.26. The van der Waals surface area contributed by atoms with Crippen molar-refractivity contribution in [1.29, 1.82) is 5.26 Å². The Morgan fingerprint density at radius 2 is 2.42 bits per heavy atom. The van der Waals surface area contributed by atoms with Crippen molar-refractivity contribution in [3.8, 4) is 6.07 Å². The van der Waals surface area contributed by atoms with Crippen molar-refractivity contribution in [3.63, 3.8) is 0 Å². The first-order valence-corrected chi connectivity index (χ1v) is 4.72. The summed E-state index contributed by atoms with van der Waals surface area (Å²) in [5.41, 5.74) is 0. The Balaban J connectivity index is 2.39. The van der Waals surface area contributed by atoms with E-state index in [9.17, 15) is 0 Å². The van der Waals surface area contributed by atoms with Crippen molar-refractivity contribution in [3.05, 3.63) is 21.9 Å². The first-order chi connectivity index (χ1) is 5.72. The summed E-state index contributed by atoms with van der Waals surface area (Å²) in [5.74, 6) is 0. The van der Waals surface area contributed by atoms with E-state index in [0.29, 0.717) is 0 Å². The molecule has 1 unspecified atom stereocenters. The highest BCUT2D eigenvalue weighted by Gasteiger charge is 1.99. The van der Waals surface area contributed by atoms with E-state index in [1.54, 1.807) is 11.3 Å². The second kappa shape index (κ2) is 4.24. The molecule has 12 heavy (non-hydrogen) atoms. The first-order valence-electron chi connectivity index (χ1n) is 3.90. The third-order valence-electron chi connectivity index (χ3n) is 1.57. The summed E-state index contributed by atoms with van der Waals surface area (Å²) in [7, 11) is 0. The van der Waals surface area contributed by atoms with Crippen molar-refractivity contribution in [1.82, 2.24) is 5.32 Å². The van der Waals surface area contributed by atoms with E-state index in [-0.39, 0.29) is 6.04 Å². The molecule has 0 radical (unpaired) electrons. The third-order valence-corrected chi connectivity index (χ3v) is 2.57. The molecular formula is C9H12N2S. The maximum atomic E-state index is 8.51. The molecule has 0 saturated carbocycles. The van der Waals surface area contributed by atoms with E-state index in [1.807, 2.05) is 6.92 Å². The van der Waals surface area contributed by atoms with E-state index < -0.39 is 0 Å². The van der Waals surface area contributed by atoms with Gasteiger partial charge in [0.05, 0.1) is 12.1 Å². The predicted octanol–water partition coefficient (Wildman–Crippen LogP) is 2.06. The number of hydrogen-bond acceptors (Lipinski definition) is 3. The Kier molecular flexibility index (Phi) is 3.27. The fraction of sp³-hybridized carbons (Fsp3) is 0.444. The number of nitrogens with zero attached hydrogens (tertiary/aromatic N) is 1. The van der Waals surface area contributed by atoms with Gasteiger partial charge in [-0.25, -0.2) is 0 Å². The summed E-state index contributed by atoms with van der Waals surface area (Å²) in [6.45, 7) is 4.75. The molecule has 0 spiro atoms. The maximum Gasteiger partial charge on any atom is 0.0927 e. The van der Waals surface area contributed by atoms with Gasteiger partial charge in [0.15, 0.2) is 0 Å². The lowest BCUT2D eigenvalue weighted by atomic mass is 10.3. The van der Waals surface area contributed by atoms with Crippen molar-refractivity contribution in [2.75, 3.05) is 0 Å². The molecule has 0 amide bonds. The highest BCUT2D eigenvalue weighted by atomic mass is 32.1. The molecule has 1 rings (SSSR count). The summed E-state index contributed by atoms with van der Waals surface area (Å²) >= 11 is 1.77. The predicted molar refractivity (Wildman–Crippen MR) is 51.0 cm³/mol. The van der Waals surface area contributed by atoms with E-state index in [0.717, 1.165) is 6.54 Å². The Hall–Kier alpha value is -0.850. The monoisotopic (exact) mass is 180 g/mol. The molecule has 3 heteroatoms. The van der Waals surface area contributed by atoms with Gasteiger partial charge in [-0.15, -0.1) is 11.3 Å². The molecule has 0 aliphatic heterocycles. The molecule has 0 bridgehead atoms. The first kappa shape index (κ1) is 9.24. The topological polar surface area (TPSA) is 35.8 Å². The van der Waals surface area contributed by atoms with Crippen molar-refractivity contribution in [2.24, 2.45) is 0 Å². The Labute approximate surface area is 76.8 Å². The molecule has 1 aromatic rings. The van der Waals surface area contributed by atoms with Gasteiger partial charge in [0.1, 0.15) is 0 Å². The average Bonchev–Trinajstić information content (AvgIpc) is 2.47. The van der Waals surface area contributed by atoms with Crippen LogP contribution in [0.15, 0.2) is 12.1 Å². The molecule has 2 nitrogen and oxygen atoms in total. The zero-order chi connectivity index (χ0) is 8.97. The molecule has 1 atom stereocenters. The van der Waals surface area contributed by atoms with Crippen LogP contribution in [0.3, 0.4) is 0 Å². The zero-order valence-electron chi connectivity index (χ0n) is 7.29. The quantitative estimate of drug-likeness (QED) is 0.772. The van der Waals surface area contributed by atoms with Crippen molar-refractivity contribution in [2.45, 2.75) is 26.4 Å². The Morgan fingerprint density at radius 1 is 1.67 bits per heavy atom. The van der Waals surface area contributed by atoms with Crippen LogP contribution in [-0.4, -0.2) is 6.04 Å². The number of rotatable bonds is 3. The van der Waals surface area contributed by atoms with E-state index in [4.69, 9.17) is 5.26 Å². The van der Waals surface area contributed by atoms with Crippen LogP contribution >= 0.6 is 11.3 Å². The van der Waals surface area contributed by atoms with E-state index in [1.165, 1.54) is 9.75 Å². The van der Waals surface area contributed by atoms with Crippen LogP contribution in [0, 0.1) is 18.3 Å². The number of aryl methyl sites for hydroxylation is 1. The van der Waals surface area contributed by atoms with Crippen LogP contribution in [0.4, 0.5) is 0 Å². The SMILES string of the molecule is Cc1ccc(CNC(C)C#N)s1. The molecule has 1 aromatic heterocycles. The van der Waals surface area contributed by atoms with Gasteiger partial charge in [-0.05, 0) is 26.0 Å². The number of nitriles is 1. The van der Waals surface area contributed by atoms with Crippen LogP contribution in [0.2, 0.25) is 0 Å². The zero-order valence-corrected chi connectivity index (χ0v) is 8.11. The molecule has 0 aliphatic carbocycles. The van der Waals surface area contributed by atoms with Gasteiger partial charge >= 0.3 is 0 Å².